The van der Waals surface area contributed by atoms with Gasteiger partial charge in [0.15, 0.2) is 5.76 Å². The zero-order valence-corrected chi connectivity index (χ0v) is 19.3. The second kappa shape index (κ2) is 8.91. The number of nitrogens with zero attached hydrogens (tertiary/aromatic N) is 2. The summed E-state index contributed by atoms with van der Waals surface area (Å²) in [6.45, 7) is 1.93. The van der Waals surface area contributed by atoms with Crippen LogP contribution in [0.4, 0.5) is 23.7 Å². The highest BCUT2D eigenvalue weighted by molar-refractivity contribution is 7.08. The van der Waals surface area contributed by atoms with Gasteiger partial charge in [0, 0.05) is 34.5 Å². The Balaban J connectivity index is 1.43. The Morgan fingerprint density at radius 2 is 2.11 bits per heavy atom. The first-order chi connectivity index (χ1) is 16.7. The van der Waals surface area contributed by atoms with Gasteiger partial charge in [-0.25, -0.2) is 4.79 Å². The average Bonchev–Trinajstić information content (AvgIpc) is 3.47. The van der Waals surface area contributed by atoms with E-state index in [0.717, 1.165) is 28.0 Å². The monoisotopic (exact) mass is 507 g/mol. The molecule has 1 aromatic carbocycles. The molecule has 1 saturated heterocycles. The molecule has 5 rings (SSSR count). The maximum atomic E-state index is 12.8. The number of cyclic esters (lactones) is 1. The normalized spacial score (nSPS) is 17.4. The first-order valence-electron chi connectivity index (χ1n) is 10.9. The van der Waals surface area contributed by atoms with E-state index in [1.165, 1.54) is 17.2 Å². The molecule has 2 aromatic heterocycles. The summed E-state index contributed by atoms with van der Waals surface area (Å²) in [5.41, 5.74) is 3.65. The Labute approximate surface area is 201 Å². The summed E-state index contributed by atoms with van der Waals surface area (Å²) in [7, 11) is 0. The third-order valence-electron chi connectivity index (χ3n) is 5.87. The predicted molar refractivity (Wildman–Crippen MR) is 120 cm³/mol. The van der Waals surface area contributed by atoms with Crippen molar-refractivity contribution in [2.75, 3.05) is 18.0 Å². The number of nitrogens with one attached hydrogen (secondary N) is 1. The number of benzene rings is 1. The van der Waals surface area contributed by atoms with Crippen LogP contribution in [0.1, 0.15) is 24.5 Å². The Kier molecular flexibility index (Phi) is 5.91. The van der Waals surface area contributed by atoms with Crippen molar-refractivity contribution in [3.05, 3.63) is 40.1 Å². The minimum absolute atomic E-state index is 0.202. The molecule has 184 valence electrons. The highest BCUT2D eigenvalue weighted by Gasteiger charge is 2.35. The van der Waals surface area contributed by atoms with Crippen LogP contribution in [0.5, 0.6) is 5.75 Å². The van der Waals surface area contributed by atoms with Crippen LogP contribution in [0.25, 0.3) is 22.6 Å². The summed E-state index contributed by atoms with van der Waals surface area (Å²) in [6.07, 6.45) is -3.80. The fraction of sp³-hybridized carbons (Fsp3) is 0.348. The Hall–Kier alpha value is -3.54. The maximum Gasteiger partial charge on any atom is 0.573 e. The van der Waals surface area contributed by atoms with Crippen molar-refractivity contribution in [2.24, 2.45) is 0 Å². The Morgan fingerprint density at radius 1 is 1.29 bits per heavy atom. The molecule has 12 heteroatoms. The lowest BCUT2D eigenvalue weighted by atomic mass is 10.0. The molecule has 2 amide bonds. The van der Waals surface area contributed by atoms with Crippen LogP contribution in [0.2, 0.25) is 0 Å². The number of anilines is 1. The molecule has 1 fully saturated rings. The number of ether oxygens (including phenoxy) is 2. The number of aromatic nitrogens is 1. The van der Waals surface area contributed by atoms with E-state index in [4.69, 9.17) is 9.26 Å². The van der Waals surface area contributed by atoms with Gasteiger partial charge in [0.2, 0.25) is 5.91 Å². The lowest BCUT2D eigenvalue weighted by Gasteiger charge is -2.15. The van der Waals surface area contributed by atoms with E-state index < -0.39 is 18.6 Å². The van der Waals surface area contributed by atoms with Crippen molar-refractivity contribution in [1.82, 2.24) is 10.5 Å². The molecule has 3 heterocycles. The summed E-state index contributed by atoms with van der Waals surface area (Å²) < 4.78 is 53.6. The molecule has 0 unspecified atom stereocenters. The van der Waals surface area contributed by atoms with Gasteiger partial charge in [-0.2, -0.15) is 0 Å². The molecule has 0 saturated carbocycles. The topological polar surface area (TPSA) is 93.9 Å². The van der Waals surface area contributed by atoms with Crippen molar-refractivity contribution in [3.63, 3.8) is 0 Å². The number of aryl methyl sites for hydroxylation is 1. The molecule has 0 bridgehead atoms. The molecular formula is C23H20F3N3O5S. The number of fused-ring (bicyclic) bond motifs is 3. The van der Waals surface area contributed by atoms with E-state index >= 15 is 0 Å². The van der Waals surface area contributed by atoms with Gasteiger partial charge >= 0.3 is 12.5 Å². The van der Waals surface area contributed by atoms with Gasteiger partial charge in [-0.3, -0.25) is 9.69 Å². The second-order valence-electron chi connectivity index (χ2n) is 8.28. The fourth-order valence-corrected chi connectivity index (χ4v) is 5.08. The molecule has 1 aliphatic carbocycles. The molecule has 8 nitrogen and oxygen atoms in total. The number of carbonyl (C=O) groups excluding carboxylic acids is 2. The summed E-state index contributed by atoms with van der Waals surface area (Å²) in [4.78, 5) is 25.1. The van der Waals surface area contributed by atoms with Crippen LogP contribution in [-0.2, 0) is 22.4 Å². The van der Waals surface area contributed by atoms with E-state index in [1.807, 2.05) is 12.1 Å². The maximum absolute atomic E-state index is 12.8. The summed E-state index contributed by atoms with van der Waals surface area (Å²) >= 11 is 1.09. The first kappa shape index (κ1) is 23.2. The largest absolute Gasteiger partial charge is 0.573 e. The Bertz CT molecular complexity index is 1290. The highest BCUT2D eigenvalue weighted by atomic mass is 32.1. The van der Waals surface area contributed by atoms with Crippen molar-refractivity contribution in [2.45, 2.75) is 38.7 Å². The molecule has 1 N–H and O–H groups in total. The van der Waals surface area contributed by atoms with Crippen molar-refractivity contribution < 1.29 is 36.8 Å². The zero-order valence-electron chi connectivity index (χ0n) is 18.5. The fourth-order valence-electron chi connectivity index (χ4n) is 4.35. The number of halogens is 3. The number of hydrogen-bond acceptors (Lipinski definition) is 7. The van der Waals surface area contributed by atoms with Crippen molar-refractivity contribution >= 4 is 29.0 Å². The number of carbonyl (C=O) groups is 2. The number of rotatable bonds is 5. The quantitative estimate of drug-likeness (QED) is 0.527. The first-order valence-corrected chi connectivity index (χ1v) is 11.8. The summed E-state index contributed by atoms with van der Waals surface area (Å²) in [5.74, 6) is -0.0122. The van der Waals surface area contributed by atoms with Crippen molar-refractivity contribution in [1.29, 1.82) is 0 Å². The molecule has 0 spiro atoms. The van der Waals surface area contributed by atoms with Gasteiger partial charge in [-0.15, -0.1) is 24.5 Å². The van der Waals surface area contributed by atoms with E-state index in [2.05, 4.69) is 15.2 Å². The van der Waals surface area contributed by atoms with Crippen LogP contribution in [0.3, 0.4) is 0 Å². The van der Waals surface area contributed by atoms with E-state index in [0.29, 0.717) is 42.9 Å². The van der Waals surface area contributed by atoms with Gasteiger partial charge in [-0.1, -0.05) is 5.16 Å². The van der Waals surface area contributed by atoms with Crippen LogP contribution >= 0.6 is 11.3 Å². The van der Waals surface area contributed by atoms with Gasteiger partial charge < -0.3 is 19.3 Å². The Morgan fingerprint density at radius 3 is 2.89 bits per heavy atom. The molecule has 0 radical (unpaired) electrons. The van der Waals surface area contributed by atoms with Crippen LogP contribution in [0, 0.1) is 0 Å². The number of amides is 2. The summed E-state index contributed by atoms with van der Waals surface area (Å²) in [6, 6.07) is 5.47. The van der Waals surface area contributed by atoms with Gasteiger partial charge in [-0.05, 0) is 43.0 Å². The van der Waals surface area contributed by atoms with Gasteiger partial charge in [0.25, 0.3) is 0 Å². The lowest BCUT2D eigenvalue weighted by molar-refractivity contribution is -0.274. The molecule has 1 aliphatic heterocycles. The van der Waals surface area contributed by atoms with Crippen molar-refractivity contribution in [3.8, 4) is 28.3 Å². The predicted octanol–water partition coefficient (Wildman–Crippen LogP) is 4.92. The summed E-state index contributed by atoms with van der Waals surface area (Å²) in [5, 5.41) is 9.59. The molecule has 35 heavy (non-hydrogen) atoms. The highest BCUT2D eigenvalue weighted by Crippen LogP contribution is 2.43. The van der Waals surface area contributed by atoms with Crippen LogP contribution < -0.4 is 15.0 Å². The third kappa shape index (κ3) is 4.70. The molecule has 3 aromatic rings. The third-order valence-corrected chi connectivity index (χ3v) is 6.59. The minimum Gasteiger partial charge on any atom is -0.442 e. The SMILES string of the molecule is CC(=O)NC[C@H]1CN(c2ccc3c(c2)CCCc2c(-c4cscc4OC(F)(F)F)noc2-3)C(=O)O1. The van der Waals surface area contributed by atoms with Crippen LogP contribution in [-0.4, -0.2) is 42.7 Å². The molecule has 1 atom stereocenters. The van der Waals surface area contributed by atoms with E-state index in [-0.39, 0.29) is 23.8 Å². The molecule has 2 aliphatic rings. The zero-order chi connectivity index (χ0) is 24.7. The van der Waals surface area contributed by atoms with Crippen LogP contribution in [0.15, 0.2) is 33.5 Å². The van der Waals surface area contributed by atoms with E-state index in [1.54, 1.807) is 11.4 Å². The number of thiophene rings is 1. The lowest BCUT2D eigenvalue weighted by Crippen LogP contribution is -2.33. The second-order valence-corrected chi connectivity index (χ2v) is 9.03. The van der Waals surface area contributed by atoms with Gasteiger partial charge in [0.1, 0.15) is 17.5 Å². The van der Waals surface area contributed by atoms with Gasteiger partial charge in [0.05, 0.1) is 18.7 Å². The number of alkyl halides is 3. The number of hydrogen-bond donors (Lipinski definition) is 1. The minimum atomic E-state index is -4.81. The smallest absolute Gasteiger partial charge is 0.442 e. The molecular weight excluding hydrogens is 487 g/mol. The standard InChI is InChI=1S/C23H20F3N3O5S/c1-12(30)27-8-15-9-29(22(31)32-15)14-5-6-16-13(7-14)3-2-4-17-20(28-34-21(16)17)18-10-35-11-19(18)33-23(24,25)26/h5-7,10-11,15H,2-4,8-9H2,1H3,(H,27,30)/t15-/m0/s1. The average molecular weight is 507 g/mol. The van der Waals surface area contributed by atoms with E-state index in [9.17, 15) is 22.8 Å².